The van der Waals surface area contributed by atoms with Crippen molar-refractivity contribution in [2.75, 3.05) is 37.7 Å². The van der Waals surface area contributed by atoms with Crippen LogP contribution in [-0.4, -0.2) is 48.8 Å². The monoisotopic (exact) mass is 479 g/mol. The first-order chi connectivity index (χ1) is 17.7. The number of halogens is 1. The average molecular weight is 480 g/mol. The van der Waals surface area contributed by atoms with Crippen LogP contribution >= 0.6 is 0 Å². The van der Waals surface area contributed by atoms with Crippen molar-refractivity contribution in [1.29, 1.82) is 0 Å². The predicted octanol–water partition coefficient (Wildman–Crippen LogP) is 5.96. The molecule has 1 aromatic heterocycles. The van der Waals surface area contributed by atoms with E-state index in [1.165, 1.54) is 28.3 Å². The Balaban J connectivity index is 1.06. The molecule has 0 atom stereocenters. The summed E-state index contributed by atoms with van der Waals surface area (Å²) in [7, 11) is 0. The Bertz CT molecular complexity index is 1350. The van der Waals surface area contributed by atoms with Crippen LogP contribution in [0, 0.1) is 5.82 Å². The summed E-state index contributed by atoms with van der Waals surface area (Å²) in [6.45, 7) is 2.78. The molecule has 0 spiro atoms. The lowest BCUT2D eigenvalue weighted by molar-refractivity contribution is 0.0976. The Morgan fingerprint density at radius 3 is 2.03 bits per heavy atom. The fraction of sp³-hybridized carbons (Fsp3) is 0.200. The van der Waals surface area contributed by atoms with Gasteiger partial charge in [-0.25, -0.2) is 14.2 Å². The molecule has 6 rings (SSSR count). The van der Waals surface area contributed by atoms with Crippen molar-refractivity contribution in [1.82, 2.24) is 9.88 Å². The molecule has 0 unspecified atom stereocenters. The summed E-state index contributed by atoms with van der Waals surface area (Å²) in [5.41, 5.74) is 6.14. The van der Waals surface area contributed by atoms with Crippen molar-refractivity contribution >= 4 is 11.9 Å². The summed E-state index contributed by atoms with van der Waals surface area (Å²) >= 11 is 0. The molecule has 6 heteroatoms. The number of aromatic nitrogens is 1. The standard InChI is InChI=1S/C30H26FN3O2/c31-28-12-6-5-7-22(28)21-13-14-29(32-19-21)33-15-17-34(18-16-33)30(35)36-20-27-25-10-3-1-8-23(25)24-9-2-4-11-26(24)27/h1-14,19,27H,15-18,20H2. The topological polar surface area (TPSA) is 45.7 Å². The first-order valence-electron chi connectivity index (χ1n) is 12.2. The van der Waals surface area contributed by atoms with Crippen LogP contribution in [-0.2, 0) is 4.74 Å². The van der Waals surface area contributed by atoms with Gasteiger partial charge in [-0.2, -0.15) is 0 Å². The third kappa shape index (κ3) is 4.09. The Morgan fingerprint density at radius 1 is 0.806 bits per heavy atom. The van der Waals surface area contributed by atoms with E-state index in [0.717, 1.165) is 11.4 Å². The normalized spacial score (nSPS) is 14.9. The largest absolute Gasteiger partial charge is 0.448 e. The van der Waals surface area contributed by atoms with Gasteiger partial charge in [0.1, 0.15) is 18.2 Å². The number of hydrogen-bond acceptors (Lipinski definition) is 4. The molecule has 0 saturated carbocycles. The number of nitrogens with zero attached hydrogens (tertiary/aromatic N) is 3. The SMILES string of the molecule is O=C(OCC1c2ccccc2-c2ccccc21)N1CCN(c2ccc(-c3ccccc3F)cn2)CC1. The number of hydrogen-bond donors (Lipinski definition) is 0. The molecule has 1 aliphatic carbocycles. The highest BCUT2D eigenvalue weighted by atomic mass is 19.1. The second-order valence-corrected chi connectivity index (χ2v) is 9.16. The average Bonchev–Trinajstić information content (AvgIpc) is 3.26. The van der Waals surface area contributed by atoms with Gasteiger partial charge < -0.3 is 14.5 Å². The number of amides is 1. The van der Waals surface area contributed by atoms with Crippen molar-refractivity contribution in [2.45, 2.75) is 5.92 Å². The summed E-state index contributed by atoms with van der Waals surface area (Å²) in [5.74, 6) is 0.617. The second kappa shape index (κ2) is 9.46. The third-order valence-electron chi connectivity index (χ3n) is 7.13. The first-order valence-corrected chi connectivity index (χ1v) is 12.2. The minimum absolute atomic E-state index is 0.0554. The van der Waals surface area contributed by atoms with Crippen molar-refractivity contribution in [3.63, 3.8) is 0 Å². The molecule has 0 N–H and O–H groups in total. The van der Waals surface area contributed by atoms with E-state index in [1.54, 1.807) is 23.2 Å². The Morgan fingerprint density at radius 2 is 1.42 bits per heavy atom. The smallest absolute Gasteiger partial charge is 0.409 e. The Hall–Kier alpha value is -4.19. The van der Waals surface area contributed by atoms with Crippen LogP contribution in [0.4, 0.5) is 15.0 Å². The van der Waals surface area contributed by atoms with Crippen molar-refractivity contribution in [3.05, 3.63) is 108 Å². The zero-order valence-corrected chi connectivity index (χ0v) is 19.8. The van der Waals surface area contributed by atoms with Gasteiger partial charge in [0, 0.05) is 49.4 Å². The summed E-state index contributed by atoms with van der Waals surface area (Å²) in [5, 5.41) is 0. The molecule has 1 fully saturated rings. The maximum atomic E-state index is 14.1. The molecule has 1 saturated heterocycles. The molecule has 2 aliphatic rings. The van der Waals surface area contributed by atoms with E-state index in [1.807, 2.05) is 42.5 Å². The lowest BCUT2D eigenvalue weighted by atomic mass is 9.98. The maximum Gasteiger partial charge on any atom is 0.409 e. The van der Waals surface area contributed by atoms with Crippen LogP contribution in [0.2, 0.25) is 0 Å². The van der Waals surface area contributed by atoms with Gasteiger partial charge in [0.05, 0.1) is 0 Å². The molecule has 36 heavy (non-hydrogen) atoms. The van der Waals surface area contributed by atoms with Crippen LogP contribution in [0.5, 0.6) is 0 Å². The molecule has 4 aromatic rings. The van der Waals surface area contributed by atoms with Gasteiger partial charge in [-0.05, 0) is 40.5 Å². The van der Waals surface area contributed by atoms with Gasteiger partial charge >= 0.3 is 6.09 Å². The van der Waals surface area contributed by atoms with E-state index in [0.29, 0.717) is 38.3 Å². The zero-order chi connectivity index (χ0) is 24.5. The van der Waals surface area contributed by atoms with Crippen LogP contribution in [0.15, 0.2) is 91.1 Å². The van der Waals surface area contributed by atoms with Crippen LogP contribution in [0.1, 0.15) is 17.0 Å². The molecule has 1 amide bonds. The molecule has 180 valence electrons. The van der Waals surface area contributed by atoms with Crippen molar-refractivity contribution in [2.24, 2.45) is 0 Å². The van der Waals surface area contributed by atoms with E-state index in [4.69, 9.17) is 4.74 Å². The second-order valence-electron chi connectivity index (χ2n) is 9.16. The molecule has 0 radical (unpaired) electrons. The number of pyridine rings is 1. The van der Waals surface area contributed by atoms with Crippen molar-refractivity contribution < 1.29 is 13.9 Å². The Labute approximate surface area is 209 Å². The number of piperazine rings is 1. The lowest BCUT2D eigenvalue weighted by Gasteiger charge is -2.35. The molecule has 2 heterocycles. The molecule has 5 nitrogen and oxygen atoms in total. The molecule has 0 bridgehead atoms. The maximum absolute atomic E-state index is 14.1. The highest BCUT2D eigenvalue weighted by molar-refractivity contribution is 5.79. The quantitative estimate of drug-likeness (QED) is 0.362. The van der Waals surface area contributed by atoms with Gasteiger partial charge in [-0.1, -0.05) is 66.7 Å². The number of carbonyl (C=O) groups is 1. The highest BCUT2D eigenvalue weighted by Crippen LogP contribution is 2.44. The summed E-state index contributed by atoms with van der Waals surface area (Å²) in [4.78, 5) is 21.3. The van der Waals surface area contributed by atoms with E-state index in [9.17, 15) is 9.18 Å². The minimum Gasteiger partial charge on any atom is -0.448 e. The zero-order valence-electron chi connectivity index (χ0n) is 19.8. The number of rotatable bonds is 4. The number of anilines is 1. The van der Waals surface area contributed by atoms with Crippen LogP contribution < -0.4 is 4.90 Å². The van der Waals surface area contributed by atoms with E-state index >= 15 is 0 Å². The third-order valence-corrected chi connectivity index (χ3v) is 7.13. The number of benzene rings is 3. The molecule has 3 aromatic carbocycles. The summed E-state index contributed by atoms with van der Waals surface area (Å²) < 4.78 is 19.9. The number of ether oxygens (including phenoxy) is 1. The predicted molar refractivity (Wildman–Crippen MR) is 138 cm³/mol. The highest BCUT2D eigenvalue weighted by Gasteiger charge is 2.30. The van der Waals surface area contributed by atoms with Gasteiger partial charge in [0.2, 0.25) is 0 Å². The van der Waals surface area contributed by atoms with Gasteiger partial charge in [0.25, 0.3) is 0 Å². The van der Waals surface area contributed by atoms with Gasteiger partial charge in [0.15, 0.2) is 0 Å². The summed E-state index contributed by atoms with van der Waals surface area (Å²) in [6.07, 6.45) is 1.42. The minimum atomic E-state index is -0.278. The molecule has 1 aliphatic heterocycles. The van der Waals surface area contributed by atoms with E-state index in [-0.39, 0.29) is 17.8 Å². The number of carbonyl (C=O) groups excluding carboxylic acids is 1. The van der Waals surface area contributed by atoms with Gasteiger partial charge in [-0.15, -0.1) is 0 Å². The molecular weight excluding hydrogens is 453 g/mol. The van der Waals surface area contributed by atoms with Crippen LogP contribution in [0.25, 0.3) is 22.3 Å². The van der Waals surface area contributed by atoms with E-state index < -0.39 is 0 Å². The fourth-order valence-corrected chi connectivity index (χ4v) is 5.23. The van der Waals surface area contributed by atoms with Crippen LogP contribution in [0.3, 0.4) is 0 Å². The first kappa shape index (κ1) is 22.3. The van der Waals surface area contributed by atoms with Crippen molar-refractivity contribution in [3.8, 4) is 22.3 Å². The fourth-order valence-electron chi connectivity index (χ4n) is 5.23. The lowest BCUT2D eigenvalue weighted by Crippen LogP contribution is -2.49. The molecular formula is C30H26FN3O2. The Kier molecular flexibility index (Phi) is 5.85. The van der Waals surface area contributed by atoms with Gasteiger partial charge in [-0.3, -0.25) is 0 Å². The number of fused-ring (bicyclic) bond motifs is 3. The summed E-state index contributed by atoms with van der Waals surface area (Å²) in [6, 6.07) is 27.2. The van der Waals surface area contributed by atoms with E-state index in [2.05, 4.69) is 34.1 Å².